The van der Waals surface area contributed by atoms with E-state index in [2.05, 4.69) is 46.2 Å². The average molecular weight is 1120 g/mol. The monoisotopic (exact) mass is 1110 g/mol. The molecule has 4 aromatic carbocycles. The van der Waals surface area contributed by atoms with Crippen LogP contribution >= 0.6 is 0 Å². The minimum atomic E-state index is -1.16. The van der Waals surface area contributed by atoms with Gasteiger partial charge in [-0.25, -0.2) is 27.2 Å². The summed E-state index contributed by atoms with van der Waals surface area (Å²) in [7, 11) is 6.96. The lowest BCUT2D eigenvalue weighted by Crippen LogP contribution is -2.51. The molecule has 2 atom stereocenters. The summed E-state index contributed by atoms with van der Waals surface area (Å²) >= 11 is 0. The number of carbonyl (C=O) groups excluding carboxylic acids is 2. The molecule has 80 heavy (non-hydrogen) atoms. The van der Waals surface area contributed by atoms with Crippen LogP contribution in [0.25, 0.3) is 12.2 Å². The second-order valence-electron chi connectivity index (χ2n) is 22.1. The third-order valence-corrected chi connectivity index (χ3v) is 15.6. The maximum absolute atomic E-state index is 13.4. The molecular weight excluding hydrogens is 1030 g/mol. The first-order valence-corrected chi connectivity index (χ1v) is 27.9. The zero-order valence-corrected chi connectivity index (χ0v) is 47.6. The maximum atomic E-state index is 13.4. The standard InChI is InChI=1S/C29H36F2N2O3.C25H40N2O4.C9H6F2O2/c1-35-20-28(32-13-9-23(10-14-32)22-4-6-27(36-2)7-5-22)24-11-15-33(16-12-24)29(34)8-3-21-17-25(30)19-26(31)18-21;1-25(2,3)31-24(28)27-16-12-21(13-17-27)23(18-29-4)26-14-10-20(11-15-26)19-6-8-22(30-5)9-7-19;10-7-3-6(1-2-9(12)13)4-8(11)5-7/h3-8,17-19,23-24,28H,9-16,20H2,1-2H3;6-9,20-21,23H,10-18H2,1-5H3;1-5H,(H,12,13)/b8-3+;;2-1+. The molecule has 4 fully saturated rings. The van der Waals surface area contributed by atoms with Crippen LogP contribution in [0.1, 0.15) is 106 Å². The Morgan fingerprint density at radius 3 is 1.24 bits per heavy atom. The number of rotatable bonds is 16. The summed E-state index contributed by atoms with van der Waals surface area (Å²) in [4.78, 5) is 44.0. The summed E-state index contributed by atoms with van der Waals surface area (Å²) in [5.41, 5.74) is 2.86. The van der Waals surface area contributed by atoms with Crippen molar-refractivity contribution in [1.29, 1.82) is 0 Å². The van der Waals surface area contributed by atoms with Gasteiger partial charge in [0.25, 0.3) is 0 Å². The van der Waals surface area contributed by atoms with Crippen LogP contribution in [0.5, 0.6) is 11.5 Å². The van der Waals surface area contributed by atoms with E-state index >= 15 is 0 Å². The number of amides is 2. The molecule has 4 aromatic rings. The number of ether oxygens (including phenoxy) is 5. The van der Waals surface area contributed by atoms with Crippen molar-refractivity contribution in [1.82, 2.24) is 19.6 Å². The normalized spacial score (nSPS) is 18.2. The lowest BCUT2D eigenvalue weighted by atomic mass is 9.84. The fourth-order valence-electron chi connectivity index (χ4n) is 11.4. The highest BCUT2D eigenvalue weighted by atomic mass is 19.1. The van der Waals surface area contributed by atoms with Crippen LogP contribution in [-0.2, 0) is 23.8 Å². The van der Waals surface area contributed by atoms with Crippen LogP contribution in [0.2, 0.25) is 0 Å². The fourth-order valence-corrected chi connectivity index (χ4v) is 11.4. The van der Waals surface area contributed by atoms with Gasteiger partial charge in [-0.3, -0.25) is 14.6 Å². The van der Waals surface area contributed by atoms with Crippen molar-refractivity contribution < 1.29 is 60.7 Å². The molecule has 4 aliphatic rings. The van der Waals surface area contributed by atoms with E-state index in [0.29, 0.717) is 61.0 Å². The fraction of sp³-hybridized carbons (Fsp3) is 0.508. The first kappa shape index (κ1) is 62.9. The quantitative estimate of drug-likeness (QED) is 0.0850. The van der Waals surface area contributed by atoms with Gasteiger partial charge in [0, 0.05) is 76.8 Å². The smallest absolute Gasteiger partial charge is 0.410 e. The molecule has 13 nitrogen and oxygen atoms in total. The van der Waals surface area contributed by atoms with Crippen molar-refractivity contribution in [2.24, 2.45) is 11.8 Å². The number of carbonyl (C=O) groups is 3. The van der Waals surface area contributed by atoms with Crippen molar-refractivity contribution in [3.05, 3.63) is 143 Å². The van der Waals surface area contributed by atoms with Crippen LogP contribution < -0.4 is 9.47 Å². The second-order valence-corrected chi connectivity index (χ2v) is 22.1. The maximum Gasteiger partial charge on any atom is 0.410 e. The van der Waals surface area contributed by atoms with E-state index in [0.717, 1.165) is 132 Å². The molecule has 1 N–H and O–H groups in total. The predicted octanol–water partition coefficient (Wildman–Crippen LogP) is 11.7. The Hall–Kier alpha value is -6.27. The zero-order valence-electron chi connectivity index (χ0n) is 47.6. The van der Waals surface area contributed by atoms with Gasteiger partial charge in [-0.1, -0.05) is 24.3 Å². The number of nitrogens with zero attached hydrogens (tertiary/aromatic N) is 4. The Labute approximate surface area is 470 Å². The molecule has 0 saturated carbocycles. The molecule has 17 heteroatoms. The number of methoxy groups -OCH3 is 4. The number of piperidine rings is 4. The van der Waals surface area contributed by atoms with Crippen molar-refractivity contribution in [3.8, 4) is 11.5 Å². The number of halogens is 4. The molecule has 0 bridgehead atoms. The molecular formula is C63H82F4N4O9. The highest BCUT2D eigenvalue weighted by molar-refractivity contribution is 5.91. The molecule has 2 amide bonds. The predicted molar refractivity (Wildman–Crippen MR) is 303 cm³/mol. The summed E-state index contributed by atoms with van der Waals surface area (Å²) in [6.45, 7) is 14.3. The highest BCUT2D eigenvalue weighted by Gasteiger charge is 2.36. The van der Waals surface area contributed by atoms with Gasteiger partial charge in [-0.05, 0) is 205 Å². The van der Waals surface area contributed by atoms with Crippen LogP contribution in [0, 0.1) is 35.1 Å². The molecule has 0 spiro atoms. The topological polar surface area (TPSA) is 131 Å². The minimum absolute atomic E-state index is 0.123. The molecule has 0 aromatic heterocycles. The van der Waals surface area contributed by atoms with Crippen molar-refractivity contribution in [2.45, 2.75) is 102 Å². The Morgan fingerprint density at radius 2 is 0.900 bits per heavy atom. The van der Waals surface area contributed by atoms with E-state index in [1.807, 2.05) is 42.7 Å². The summed E-state index contributed by atoms with van der Waals surface area (Å²) in [6.07, 6.45) is 13.1. The van der Waals surface area contributed by atoms with Crippen molar-refractivity contribution in [3.63, 3.8) is 0 Å². The number of aliphatic carboxylic acids is 1. The summed E-state index contributed by atoms with van der Waals surface area (Å²) in [5, 5.41) is 8.24. The summed E-state index contributed by atoms with van der Waals surface area (Å²) < 4.78 is 79.2. The van der Waals surface area contributed by atoms with Gasteiger partial charge in [0.05, 0.1) is 27.4 Å². The molecule has 4 aliphatic heterocycles. The minimum Gasteiger partial charge on any atom is -0.497 e. The van der Waals surface area contributed by atoms with Gasteiger partial charge in [-0.15, -0.1) is 0 Å². The number of carboxylic acid groups (broad SMARTS) is 1. The Balaban J connectivity index is 0.000000213. The molecule has 4 saturated heterocycles. The van der Waals surface area contributed by atoms with Crippen LogP contribution in [0.15, 0.2) is 97.1 Å². The number of hydrogen-bond donors (Lipinski definition) is 1. The molecule has 2 unspecified atom stereocenters. The average Bonchev–Trinajstić information content (AvgIpc) is 3.45. The summed E-state index contributed by atoms with van der Waals surface area (Å²) in [6, 6.07) is 23.8. The number of carboxylic acids is 1. The van der Waals surface area contributed by atoms with E-state index < -0.39 is 34.8 Å². The van der Waals surface area contributed by atoms with Gasteiger partial charge >= 0.3 is 12.1 Å². The van der Waals surface area contributed by atoms with Crippen LogP contribution in [0.3, 0.4) is 0 Å². The first-order chi connectivity index (χ1) is 38.3. The summed E-state index contributed by atoms with van der Waals surface area (Å²) in [5.74, 6) is -0.0585. The van der Waals surface area contributed by atoms with E-state index in [1.165, 1.54) is 48.3 Å². The SMILES string of the molecule is COCC(C1CCN(C(=O)/C=C/c2cc(F)cc(F)c2)CC1)N1CCC(c2ccc(OC)cc2)CC1.COCC(C1CCN(C(=O)OC(C)(C)C)CC1)N1CCC(c2ccc(OC)cc2)CC1.O=C(O)/C=C/c1cc(F)cc(F)c1. The second kappa shape index (κ2) is 31.1. The van der Waals surface area contributed by atoms with Crippen molar-refractivity contribution in [2.75, 3.05) is 94.0 Å². The van der Waals surface area contributed by atoms with E-state index in [9.17, 15) is 31.9 Å². The number of hydrogen-bond acceptors (Lipinski definition) is 10. The van der Waals surface area contributed by atoms with Gasteiger partial charge in [0.15, 0.2) is 0 Å². The third-order valence-electron chi connectivity index (χ3n) is 15.6. The number of likely N-dealkylation sites (tertiary alicyclic amines) is 4. The van der Waals surface area contributed by atoms with Gasteiger partial charge < -0.3 is 38.6 Å². The molecule has 4 heterocycles. The largest absolute Gasteiger partial charge is 0.497 e. The van der Waals surface area contributed by atoms with Gasteiger partial charge in [0.2, 0.25) is 5.91 Å². The number of benzene rings is 4. The highest BCUT2D eigenvalue weighted by Crippen LogP contribution is 2.35. The van der Waals surface area contributed by atoms with Gasteiger partial charge in [0.1, 0.15) is 40.4 Å². The zero-order chi connectivity index (χ0) is 57.8. The molecule has 0 aliphatic carbocycles. The molecule has 8 rings (SSSR count). The van der Waals surface area contributed by atoms with E-state index in [-0.39, 0.29) is 17.6 Å². The van der Waals surface area contributed by atoms with Crippen LogP contribution in [0.4, 0.5) is 22.4 Å². The Morgan fingerprint density at radius 1 is 0.537 bits per heavy atom. The van der Waals surface area contributed by atoms with Crippen molar-refractivity contribution >= 4 is 30.1 Å². The van der Waals surface area contributed by atoms with E-state index in [4.69, 9.17) is 28.8 Å². The van der Waals surface area contributed by atoms with Gasteiger partial charge in [-0.2, -0.15) is 0 Å². The Kier molecular flexibility index (Phi) is 24.4. The molecule has 436 valence electrons. The first-order valence-electron chi connectivity index (χ1n) is 27.9. The lowest BCUT2D eigenvalue weighted by Gasteiger charge is -2.43. The third kappa shape index (κ3) is 19.8. The Bertz CT molecular complexity index is 2580. The molecule has 0 radical (unpaired) electrons. The van der Waals surface area contributed by atoms with Crippen LogP contribution in [-0.4, -0.2) is 154 Å². The van der Waals surface area contributed by atoms with E-state index in [1.54, 1.807) is 28.4 Å². The lowest BCUT2D eigenvalue weighted by molar-refractivity contribution is -0.131.